The summed E-state index contributed by atoms with van der Waals surface area (Å²) in [6.45, 7) is 1.99. The van der Waals surface area contributed by atoms with E-state index in [0.29, 0.717) is 17.1 Å². The third-order valence-electron chi connectivity index (χ3n) is 3.03. The van der Waals surface area contributed by atoms with Crippen molar-refractivity contribution in [1.82, 2.24) is 0 Å². The van der Waals surface area contributed by atoms with Gasteiger partial charge in [-0.05, 0) is 18.6 Å². The Kier molecular flexibility index (Phi) is 3.85. The molecule has 0 heterocycles. The third-order valence-corrected chi connectivity index (χ3v) is 3.03. The van der Waals surface area contributed by atoms with Crippen molar-refractivity contribution in [3.05, 3.63) is 47.5 Å². The van der Waals surface area contributed by atoms with Gasteiger partial charge in [-0.3, -0.25) is 4.79 Å². The van der Waals surface area contributed by atoms with E-state index in [0.717, 1.165) is 23.0 Å². The van der Waals surface area contributed by atoms with Crippen LogP contribution in [0, 0.1) is 6.92 Å². The molecule has 0 N–H and O–H groups in total. The molecule has 0 bridgehead atoms. The zero-order chi connectivity index (χ0) is 13.8. The summed E-state index contributed by atoms with van der Waals surface area (Å²) in [5, 5.41) is 0. The van der Waals surface area contributed by atoms with Crippen LogP contribution in [-0.2, 0) is 0 Å². The summed E-state index contributed by atoms with van der Waals surface area (Å²) in [6, 6.07) is 11.3. The highest BCUT2D eigenvalue weighted by Crippen LogP contribution is 2.39. The molecule has 2 aromatic carbocycles. The van der Waals surface area contributed by atoms with Gasteiger partial charge in [-0.15, -0.1) is 0 Å². The summed E-state index contributed by atoms with van der Waals surface area (Å²) < 4.78 is 10.7. The van der Waals surface area contributed by atoms with Crippen LogP contribution in [0.4, 0.5) is 0 Å². The number of rotatable bonds is 4. The Balaban J connectivity index is 2.71. The van der Waals surface area contributed by atoms with E-state index in [4.69, 9.17) is 9.47 Å². The van der Waals surface area contributed by atoms with Crippen LogP contribution in [0.3, 0.4) is 0 Å². The first-order chi connectivity index (χ1) is 9.21. The van der Waals surface area contributed by atoms with E-state index in [1.165, 1.54) is 0 Å². The Morgan fingerprint density at radius 2 is 1.79 bits per heavy atom. The fourth-order valence-corrected chi connectivity index (χ4v) is 2.11. The largest absolute Gasteiger partial charge is 0.493 e. The van der Waals surface area contributed by atoms with Crippen molar-refractivity contribution in [3.8, 4) is 22.6 Å². The number of aryl methyl sites for hydroxylation is 1. The van der Waals surface area contributed by atoms with E-state index in [9.17, 15) is 4.79 Å². The molecule has 98 valence electrons. The second kappa shape index (κ2) is 5.57. The van der Waals surface area contributed by atoms with Crippen molar-refractivity contribution in [2.45, 2.75) is 6.92 Å². The molecule has 0 amide bonds. The lowest BCUT2D eigenvalue weighted by Gasteiger charge is -2.14. The molecular weight excluding hydrogens is 240 g/mol. The number of methoxy groups -OCH3 is 2. The zero-order valence-corrected chi connectivity index (χ0v) is 11.3. The normalized spacial score (nSPS) is 10.1. The molecule has 0 aromatic heterocycles. The van der Waals surface area contributed by atoms with Crippen LogP contribution < -0.4 is 9.47 Å². The van der Waals surface area contributed by atoms with Crippen LogP contribution in [0.15, 0.2) is 36.4 Å². The third kappa shape index (κ3) is 2.45. The molecule has 0 atom stereocenters. The summed E-state index contributed by atoms with van der Waals surface area (Å²) in [5.74, 6) is 1.29. The van der Waals surface area contributed by atoms with Gasteiger partial charge in [0, 0.05) is 11.1 Å². The maximum atomic E-state index is 11.2. The monoisotopic (exact) mass is 256 g/mol. The number of benzene rings is 2. The van der Waals surface area contributed by atoms with E-state index in [2.05, 4.69) is 0 Å². The Morgan fingerprint density at radius 1 is 1.00 bits per heavy atom. The molecule has 0 aliphatic carbocycles. The number of carbonyl (C=O) groups is 1. The molecule has 0 saturated heterocycles. The molecule has 0 saturated carbocycles. The molecule has 0 aliphatic rings. The lowest BCUT2D eigenvalue weighted by molar-refractivity contribution is 0.112. The van der Waals surface area contributed by atoms with Gasteiger partial charge in [-0.25, -0.2) is 0 Å². The molecular formula is C16H16O3. The fourth-order valence-electron chi connectivity index (χ4n) is 2.11. The van der Waals surface area contributed by atoms with Gasteiger partial charge < -0.3 is 9.47 Å². The number of hydrogen-bond acceptors (Lipinski definition) is 3. The Morgan fingerprint density at radius 3 is 2.42 bits per heavy atom. The minimum atomic E-state index is 0.636. The van der Waals surface area contributed by atoms with E-state index >= 15 is 0 Å². The zero-order valence-electron chi connectivity index (χ0n) is 11.3. The first kappa shape index (κ1) is 13.1. The Bertz CT molecular complexity index is 603. The minimum Gasteiger partial charge on any atom is -0.493 e. The summed E-state index contributed by atoms with van der Waals surface area (Å²) in [6.07, 6.45) is 0.855. The van der Waals surface area contributed by atoms with E-state index < -0.39 is 0 Å². The van der Waals surface area contributed by atoms with E-state index in [-0.39, 0.29) is 0 Å². The van der Waals surface area contributed by atoms with Crippen LogP contribution in [0.1, 0.15) is 15.9 Å². The van der Waals surface area contributed by atoms with Gasteiger partial charge in [-0.2, -0.15) is 0 Å². The van der Waals surface area contributed by atoms with Crippen molar-refractivity contribution in [2.75, 3.05) is 14.2 Å². The quantitative estimate of drug-likeness (QED) is 0.785. The Hall–Kier alpha value is -2.29. The lowest BCUT2D eigenvalue weighted by Crippen LogP contribution is -1.95. The highest BCUT2D eigenvalue weighted by Gasteiger charge is 2.14. The molecule has 0 unspecified atom stereocenters. The molecule has 2 rings (SSSR count). The van der Waals surface area contributed by atoms with E-state index in [1.807, 2.05) is 43.3 Å². The molecule has 3 heteroatoms. The summed E-state index contributed by atoms with van der Waals surface area (Å²) in [7, 11) is 3.19. The maximum Gasteiger partial charge on any atom is 0.168 e. The Labute approximate surface area is 112 Å². The van der Waals surface area contributed by atoms with Crippen molar-refractivity contribution >= 4 is 6.29 Å². The first-order valence-corrected chi connectivity index (χ1v) is 5.98. The van der Waals surface area contributed by atoms with Crippen molar-refractivity contribution in [3.63, 3.8) is 0 Å². The molecule has 19 heavy (non-hydrogen) atoms. The second-order valence-electron chi connectivity index (χ2n) is 4.25. The lowest BCUT2D eigenvalue weighted by atomic mass is 9.97. The van der Waals surface area contributed by atoms with Gasteiger partial charge in [0.2, 0.25) is 0 Å². The van der Waals surface area contributed by atoms with Crippen LogP contribution >= 0.6 is 0 Å². The molecule has 0 aliphatic heterocycles. The standard InChI is InChI=1S/C16H16O3/c1-11-7-8-12(10-17)14(9-11)13-5-4-6-15(18-2)16(13)19-3/h4-10H,1-3H3. The summed E-state index contributed by atoms with van der Waals surface area (Å²) in [5.41, 5.74) is 3.43. The first-order valence-electron chi connectivity index (χ1n) is 5.98. The highest BCUT2D eigenvalue weighted by atomic mass is 16.5. The smallest absolute Gasteiger partial charge is 0.168 e. The number of para-hydroxylation sites is 1. The maximum absolute atomic E-state index is 11.2. The van der Waals surface area contributed by atoms with Gasteiger partial charge in [0.1, 0.15) is 0 Å². The fraction of sp³-hybridized carbons (Fsp3) is 0.188. The number of carbonyl (C=O) groups excluding carboxylic acids is 1. The number of ether oxygens (including phenoxy) is 2. The average molecular weight is 256 g/mol. The predicted octanol–water partition coefficient (Wildman–Crippen LogP) is 3.49. The topological polar surface area (TPSA) is 35.5 Å². The van der Waals surface area contributed by atoms with Gasteiger partial charge >= 0.3 is 0 Å². The number of aldehydes is 1. The average Bonchev–Trinajstić information content (AvgIpc) is 2.46. The minimum absolute atomic E-state index is 0.636. The van der Waals surface area contributed by atoms with Gasteiger partial charge in [0.05, 0.1) is 14.2 Å². The molecule has 2 aromatic rings. The molecule has 0 radical (unpaired) electrons. The van der Waals surface area contributed by atoms with Gasteiger partial charge in [-0.1, -0.05) is 35.9 Å². The van der Waals surface area contributed by atoms with Crippen molar-refractivity contribution in [2.24, 2.45) is 0 Å². The number of hydrogen-bond donors (Lipinski definition) is 0. The predicted molar refractivity (Wildman–Crippen MR) is 75.1 cm³/mol. The molecule has 0 spiro atoms. The summed E-state index contributed by atoms with van der Waals surface area (Å²) >= 11 is 0. The van der Waals surface area contributed by atoms with Crippen LogP contribution in [0.2, 0.25) is 0 Å². The summed E-state index contributed by atoms with van der Waals surface area (Å²) in [4.78, 5) is 11.2. The van der Waals surface area contributed by atoms with Crippen LogP contribution in [0.25, 0.3) is 11.1 Å². The van der Waals surface area contributed by atoms with Crippen molar-refractivity contribution < 1.29 is 14.3 Å². The van der Waals surface area contributed by atoms with Gasteiger partial charge in [0.15, 0.2) is 17.8 Å². The van der Waals surface area contributed by atoms with Crippen LogP contribution in [0.5, 0.6) is 11.5 Å². The van der Waals surface area contributed by atoms with Crippen molar-refractivity contribution in [1.29, 1.82) is 0 Å². The second-order valence-corrected chi connectivity index (χ2v) is 4.25. The van der Waals surface area contributed by atoms with Gasteiger partial charge in [0.25, 0.3) is 0 Å². The molecule has 0 fully saturated rings. The SMILES string of the molecule is COc1cccc(-c2cc(C)ccc2C=O)c1OC. The van der Waals surface area contributed by atoms with Crippen LogP contribution in [-0.4, -0.2) is 20.5 Å². The highest BCUT2D eigenvalue weighted by molar-refractivity contribution is 5.90. The molecule has 3 nitrogen and oxygen atoms in total. The van der Waals surface area contributed by atoms with E-state index in [1.54, 1.807) is 14.2 Å².